The fourth-order valence-corrected chi connectivity index (χ4v) is 6.25. The Morgan fingerprint density at radius 2 is 1.03 bits per heavy atom. The van der Waals surface area contributed by atoms with E-state index in [1.165, 1.54) is 5.56 Å². The summed E-state index contributed by atoms with van der Waals surface area (Å²) in [6.45, 7) is 0. The van der Waals surface area contributed by atoms with Crippen LogP contribution in [0.1, 0.15) is 49.3 Å². The molecule has 2 aliphatic rings. The van der Waals surface area contributed by atoms with E-state index >= 15 is 0 Å². The fourth-order valence-electron chi connectivity index (χ4n) is 6.25. The summed E-state index contributed by atoms with van der Waals surface area (Å²) < 4.78 is 7.38. The monoisotopic (exact) mass is 464 g/mol. The lowest BCUT2D eigenvalue weighted by Gasteiger charge is -2.32. The van der Waals surface area contributed by atoms with Crippen molar-refractivity contribution in [3.8, 4) is 0 Å². The van der Waals surface area contributed by atoms with Crippen LogP contribution in [-0.2, 0) is 22.4 Å². The number of fused-ring (bicyclic) bond motifs is 8. The first kappa shape index (κ1) is 21.0. The van der Waals surface area contributed by atoms with Crippen LogP contribution < -0.4 is 0 Å². The van der Waals surface area contributed by atoms with Gasteiger partial charge in [-0.3, -0.25) is 4.79 Å². The van der Waals surface area contributed by atoms with Crippen molar-refractivity contribution >= 4 is 5.78 Å². The van der Waals surface area contributed by atoms with E-state index in [0.717, 1.165) is 38.9 Å². The molecule has 2 nitrogen and oxygen atoms in total. The van der Waals surface area contributed by atoms with Gasteiger partial charge in [-0.15, -0.1) is 0 Å². The second-order valence-electron chi connectivity index (χ2n) is 9.55. The number of ketones is 1. The molecular formula is C34H24O2. The van der Waals surface area contributed by atoms with E-state index in [1.807, 2.05) is 42.5 Å². The number of hydrogen-bond acceptors (Lipinski definition) is 2. The summed E-state index contributed by atoms with van der Waals surface area (Å²) >= 11 is 0. The zero-order chi connectivity index (χ0) is 24.2. The number of Topliss-reactive ketones (excluding diaryl/α,β-unsaturated/α-hetero) is 1. The van der Waals surface area contributed by atoms with Crippen LogP contribution in [0.2, 0.25) is 0 Å². The third kappa shape index (κ3) is 2.73. The van der Waals surface area contributed by atoms with Gasteiger partial charge in [-0.1, -0.05) is 133 Å². The van der Waals surface area contributed by atoms with Crippen molar-refractivity contribution in [1.82, 2.24) is 0 Å². The third-order valence-electron chi connectivity index (χ3n) is 7.68. The third-order valence-corrected chi connectivity index (χ3v) is 7.68. The Morgan fingerprint density at radius 3 is 1.67 bits per heavy atom. The standard InChI is InChI=1S/C34H24O2/c35-31(24-13-4-1-5-14-24)23-25-15-12-22-30-32(25)34(27-18-8-3-9-19-27)29-21-11-10-20-28(29)33(30,36-34)26-16-6-2-7-17-26/h1-22H,23H2. The second-order valence-corrected chi connectivity index (χ2v) is 9.55. The molecule has 5 aromatic rings. The van der Waals surface area contributed by atoms with Crippen LogP contribution in [0.3, 0.4) is 0 Å². The van der Waals surface area contributed by atoms with Crippen molar-refractivity contribution in [2.75, 3.05) is 0 Å². The van der Waals surface area contributed by atoms with Crippen LogP contribution in [0.5, 0.6) is 0 Å². The molecule has 5 aromatic carbocycles. The number of benzene rings is 5. The lowest BCUT2D eigenvalue weighted by Crippen LogP contribution is -2.29. The Kier molecular flexibility index (Phi) is 4.60. The van der Waals surface area contributed by atoms with Gasteiger partial charge in [0.25, 0.3) is 0 Å². The summed E-state index contributed by atoms with van der Waals surface area (Å²) in [5.41, 5.74) is 6.91. The first-order chi connectivity index (χ1) is 17.7. The fraction of sp³-hybridized carbons (Fsp3) is 0.0882. The highest BCUT2D eigenvalue weighted by Crippen LogP contribution is 2.66. The van der Waals surface area contributed by atoms with Crippen LogP contribution in [0.15, 0.2) is 133 Å². The van der Waals surface area contributed by atoms with Crippen molar-refractivity contribution in [3.63, 3.8) is 0 Å². The maximum absolute atomic E-state index is 13.4. The Hall–Kier alpha value is -4.27. The van der Waals surface area contributed by atoms with Crippen molar-refractivity contribution in [2.24, 2.45) is 0 Å². The molecule has 0 radical (unpaired) electrons. The molecule has 2 unspecified atom stereocenters. The van der Waals surface area contributed by atoms with E-state index in [9.17, 15) is 4.79 Å². The van der Waals surface area contributed by atoms with Crippen LogP contribution in [0.4, 0.5) is 0 Å². The molecule has 2 bridgehead atoms. The van der Waals surface area contributed by atoms with E-state index in [2.05, 4.69) is 91.0 Å². The highest BCUT2D eigenvalue weighted by atomic mass is 16.5. The van der Waals surface area contributed by atoms with E-state index in [4.69, 9.17) is 4.74 Å². The summed E-state index contributed by atoms with van der Waals surface area (Å²) in [5, 5.41) is 0. The van der Waals surface area contributed by atoms with Crippen molar-refractivity contribution in [2.45, 2.75) is 17.6 Å². The summed E-state index contributed by atoms with van der Waals surface area (Å²) in [6, 6.07) is 45.4. The van der Waals surface area contributed by atoms with Gasteiger partial charge < -0.3 is 4.74 Å². The maximum atomic E-state index is 13.4. The molecular weight excluding hydrogens is 440 g/mol. The Labute approximate surface area is 210 Å². The minimum atomic E-state index is -0.795. The first-order valence-electron chi connectivity index (χ1n) is 12.4. The normalized spacial score (nSPS) is 21.1. The predicted octanol–water partition coefficient (Wildman–Crippen LogP) is 7.04. The number of carbonyl (C=O) groups is 1. The van der Waals surface area contributed by atoms with E-state index in [-0.39, 0.29) is 5.78 Å². The van der Waals surface area contributed by atoms with Crippen molar-refractivity contribution in [1.29, 1.82) is 0 Å². The minimum Gasteiger partial charge on any atom is -0.340 e. The molecule has 2 aliphatic heterocycles. The zero-order valence-corrected chi connectivity index (χ0v) is 19.7. The maximum Gasteiger partial charge on any atom is 0.167 e. The number of rotatable bonds is 5. The summed E-state index contributed by atoms with van der Waals surface area (Å²) in [5.74, 6) is 0.108. The highest BCUT2D eigenvalue weighted by molar-refractivity contribution is 5.98. The van der Waals surface area contributed by atoms with Gasteiger partial charge in [0.2, 0.25) is 0 Å². The molecule has 7 rings (SSSR count). The van der Waals surface area contributed by atoms with E-state index in [0.29, 0.717) is 6.42 Å². The van der Waals surface area contributed by atoms with Crippen molar-refractivity contribution < 1.29 is 9.53 Å². The van der Waals surface area contributed by atoms with Crippen LogP contribution >= 0.6 is 0 Å². The minimum absolute atomic E-state index is 0.108. The van der Waals surface area contributed by atoms with Crippen LogP contribution in [0.25, 0.3) is 0 Å². The van der Waals surface area contributed by atoms with Gasteiger partial charge in [-0.2, -0.15) is 0 Å². The number of ether oxygens (including phenoxy) is 1. The Bertz CT molecular complexity index is 1590. The Balaban J connectivity index is 1.53. The molecule has 2 atom stereocenters. The average Bonchev–Trinajstić information content (AvgIpc) is 3.45. The van der Waals surface area contributed by atoms with Gasteiger partial charge in [0.15, 0.2) is 5.78 Å². The van der Waals surface area contributed by atoms with E-state index < -0.39 is 11.2 Å². The molecule has 0 saturated carbocycles. The highest BCUT2D eigenvalue weighted by Gasteiger charge is 2.64. The van der Waals surface area contributed by atoms with E-state index in [1.54, 1.807) is 0 Å². The number of carbonyl (C=O) groups excluding carboxylic acids is 1. The molecule has 0 aromatic heterocycles. The molecule has 0 amide bonds. The van der Waals surface area contributed by atoms with Gasteiger partial charge in [-0.25, -0.2) is 0 Å². The molecule has 0 fully saturated rings. The SMILES string of the molecule is O=C(Cc1cccc2c1C1(c3ccccc3)OC2(c2ccccc2)c2ccccc21)c1ccccc1. The molecule has 0 N–H and O–H groups in total. The van der Waals surface area contributed by atoms with Crippen LogP contribution in [-0.4, -0.2) is 5.78 Å². The van der Waals surface area contributed by atoms with Gasteiger partial charge >= 0.3 is 0 Å². The topological polar surface area (TPSA) is 26.3 Å². The number of hydrogen-bond donors (Lipinski definition) is 0. The molecule has 36 heavy (non-hydrogen) atoms. The molecule has 2 heterocycles. The largest absolute Gasteiger partial charge is 0.340 e. The summed E-state index contributed by atoms with van der Waals surface area (Å²) in [4.78, 5) is 13.4. The smallest absolute Gasteiger partial charge is 0.167 e. The molecule has 0 aliphatic carbocycles. The zero-order valence-electron chi connectivity index (χ0n) is 19.7. The lowest BCUT2D eigenvalue weighted by atomic mass is 9.67. The van der Waals surface area contributed by atoms with Gasteiger partial charge in [-0.05, 0) is 33.4 Å². The average molecular weight is 465 g/mol. The van der Waals surface area contributed by atoms with Crippen molar-refractivity contribution in [3.05, 3.63) is 178 Å². The summed E-state index contributed by atoms with van der Waals surface area (Å²) in [6.07, 6.45) is 0.318. The Morgan fingerprint density at radius 1 is 0.528 bits per heavy atom. The van der Waals surface area contributed by atoms with Gasteiger partial charge in [0.1, 0.15) is 11.2 Å². The first-order valence-corrected chi connectivity index (χ1v) is 12.4. The molecule has 2 heteroatoms. The lowest BCUT2D eigenvalue weighted by molar-refractivity contribution is -0.0259. The predicted molar refractivity (Wildman–Crippen MR) is 141 cm³/mol. The molecule has 172 valence electrons. The molecule has 0 saturated heterocycles. The van der Waals surface area contributed by atoms with Gasteiger partial charge in [0, 0.05) is 17.5 Å². The summed E-state index contributed by atoms with van der Waals surface area (Å²) in [7, 11) is 0. The van der Waals surface area contributed by atoms with Gasteiger partial charge in [0.05, 0.1) is 0 Å². The van der Waals surface area contributed by atoms with Crippen LogP contribution in [0, 0.1) is 0 Å². The second kappa shape index (κ2) is 7.87. The molecule has 0 spiro atoms. The quantitative estimate of drug-likeness (QED) is 0.261.